The van der Waals surface area contributed by atoms with E-state index < -0.39 is 29.9 Å². The van der Waals surface area contributed by atoms with Crippen molar-refractivity contribution < 1.29 is 43.6 Å². The Morgan fingerprint density at radius 2 is 1.71 bits per heavy atom. The fraction of sp³-hybridized carbons (Fsp3) is 0.415. The first kappa shape index (κ1) is 47.0. The van der Waals surface area contributed by atoms with Gasteiger partial charge in [-0.2, -0.15) is 0 Å². The lowest BCUT2D eigenvalue weighted by molar-refractivity contribution is -0.256. The third-order valence-electron chi connectivity index (χ3n) is 12.8. The third-order valence-corrected chi connectivity index (χ3v) is 12.8. The number of fused-ring (bicyclic) bond motifs is 3. The number of rotatable bonds is 22. The zero-order chi connectivity index (χ0) is 45.6. The van der Waals surface area contributed by atoms with E-state index in [-0.39, 0.29) is 57.1 Å². The second-order valence-electron chi connectivity index (χ2n) is 16.9. The van der Waals surface area contributed by atoms with Crippen molar-refractivity contribution in [2.75, 3.05) is 33.0 Å². The summed E-state index contributed by atoms with van der Waals surface area (Å²) in [5.41, 5.74) is 4.26. The van der Waals surface area contributed by atoms with Crippen LogP contribution in [0.3, 0.4) is 0 Å². The van der Waals surface area contributed by atoms with Crippen LogP contribution >= 0.6 is 0 Å². The summed E-state index contributed by atoms with van der Waals surface area (Å²) >= 11 is 0. The number of allylic oxidation sites excluding steroid dienone is 1. The first-order valence-corrected chi connectivity index (χ1v) is 23.1. The van der Waals surface area contributed by atoms with Crippen LogP contribution in [0.1, 0.15) is 80.9 Å². The molecule has 6 atom stereocenters. The summed E-state index contributed by atoms with van der Waals surface area (Å²) in [6.45, 7) is 10.9. The number of hydrogen-bond donors (Lipinski definition) is 3. The molecule has 0 spiro atoms. The Morgan fingerprint density at radius 3 is 2.48 bits per heavy atom. The van der Waals surface area contributed by atoms with Crippen molar-refractivity contribution in [1.82, 2.24) is 10.2 Å². The second kappa shape index (κ2) is 22.8. The standard InChI is InChI=1S/C53H63N3O9/c1-4-7-31-61-52(60)56(36-40-23-17-22-38-20-11-12-24-42(38)40)48-34-46(55-63-6-3)44-32-39(21-13-15-28-57)43(25-14-16-29-58)49-45-33-41(64-51(59)54-35-37-18-9-8-10-19-37)26-27-47(45)65-53(48,50(44)49)62-30-5-2/h4-5,8-12,17-20,22-24,26-27,32-33,39,43,48-50,57-58H,1-2,6-7,13-16,21,25,28-31,34-36H2,3H3,(H,54,59)/t39-,43+,48-,49+,50+,53+/m0/s1. The van der Waals surface area contributed by atoms with Crippen molar-refractivity contribution >= 4 is 28.7 Å². The molecule has 344 valence electrons. The SMILES string of the molecule is C=CCCOC(=O)N(Cc1cccc2ccccc12)[C@H]1CC(=NOCC)C2=C[C@H](CCCCO)[C@@H](CCCCO)[C@@H]3c4cc(OC(=O)NCc5ccccc5)ccc4O[C@@]1(OCC=C)[C@H]23. The first-order valence-electron chi connectivity index (χ1n) is 23.1. The van der Waals surface area contributed by atoms with Gasteiger partial charge in [-0.1, -0.05) is 109 Å². The largest absolute Gasteiger partial charge is 0.459 e. The van der Waals surface area contributed by atoms with Crippen molar-refractivity contribution in [2.24, 2.45) is 22.9 Å². The molecule has 3 aliphatic rings. The number of carbonyl (C=O) groups excluding carboxylic acids is 2. The van der Waals surface area contributed by atoms with Gasteiger partial charge in [0, 0.05) is 37.7 Å². The van der Waals surface area contributed by atoms with E-state index in [9.17, 15) is 19.8 Å². The lowest BCUT2D eigenvalue weighted by Gasteiger charge is -2.59. The zero-order valence-corrected chi connectivity index (χ0v) is 37.4. The van der Waals surface area contributed by atoms with Gasteiger partial charge in [0.1, 0.15) is 24.1 Å². The van der Waals surface area contributed by atoms with Crippen LogP contribution in [0.2, 0.25) is 0 Å². The summed E-state index contributed by atoms with van der Waals surface area (Å²) in [5, 5.41) is 29.7. The van der Waals surface area contributed by atoms with Gasteiger partial charge in [0.2, 0.25) is 5.79 Å². The average Bonchev–Trinajstić information content (AvgIpc) is 3.33. The minimum atomic E-state index is -1.51. The fourth-order valence-electron chi connectivity index (χ4n) is 10.00. The molecule has 2 aliphatic carbocycles. The summed E-state index contributed by atoms with van der Waals surface area (Å²) < 4.78 is 26.5. The molecule has 7 rings (SSSR count). The van der Waals surface area contributed by atoms with E-state index in [0.717, 1.165) is 58.7 Å². The molecule has 12 heteroatoms. The van der Waals surface area contributed by atoms with E-state index in [1.807, 2.05) is 73.7 Å². The third kappa shape index (κ3) is 10.8. The monoisotopic (exact) mass is 885 g/mol. The van der Waals surface area contributed by atoms with E-state index in [2.05, 4.69) is 42.7 Å². The lowest BCUT2D eigenvalue weighted by Crippen LogP contribution is -2.70. The highest BCUT2D eigenvalue weighted by Gasteiger charge is 2.65. The number of nitrogens with zero attached hydrogens (tertiary/aromatic N) is 2. The molecule has 0 bridgehead atoms. The maximum Gasteiger partial charge on any atom is 0.412 e. The number of aliphatic hydroxyl groups excluding tert-OH is 2. The summed E-state index contributed by atoms with van der Waals surface area (Å²) in [6.07, 6.45) is 9.61. The van der Waals surface area contributed by atoms with Gasteiger partial charge in [0.15, 0.2) is 0 Å². The van der Waals surface area contributed by atoms with Crippen LogP contribution in [-0.4, -0.2) is 77.9 Å². The van der Waals surface area contributed by atoms with Gasteiger partial charge < -0.3 is 39.3 Å². The van der Waals surface area contributed by atoms with Gasteiger partial charge in [-0.05, 0) is 96.5 Å². The van der Waals surface area contributed by atoms with Gasteiger partial charge in [0.05, 0.1) is 31.4 Å². The van der Waals surface area contributed by atoms with Crippen LogP contribution < -0.4 is 14.8 Å². The molecular weight excluding hydrogens is 823 g/mol. The number of ether oxygens (including phenoxy) is 4. The predicted octanol–water partition coefficient (Wildman–Crippen LogP) is 10.00. The minimum absolute atomic E-state index is 0.0244. The Morgan fingerprint density at radius 1 is 0.938 bits per heavy atom. The second-order valence-corrected chi connectivity index (χ2v) is 16.9. The van der Waals surface area contributed by atoms with Gasteiger partial charge in [-0.15, -0.1) is 13.2 Å². The predicted molar refractivity (Wildman–Crippen MR) is 252 cm³/mol. The zero-order valence-electron chi connectivity index (χ0n) is 37.4. The van der Waals surface area contributed by atoms with Crippen LogP contribution in [0.5, 0.6) is 11.5 Å². The maximum atomic E-state index is 14.8. The minimum Gasteiger partial charge on any atom is -0.459 e. The van der Waals surface area contributed by atoms with Gasteiger partial charge in [0.25, 0.3) is 0 Å². The number of nitrogens with one attached hydrogen (secondary N) is 1. The highest BCUT2D eigenvalue weighted by atomic mass is 16.7. The Kier molecular flexibility index (Phi) is 16.5. The van der Waals surface area contributed by atoms with E-state index in [4.69, 9.17) is 28.9 Å². The Balaban J connectivity index is 1.41. The molecule has 2 amide bonds. The highest BCUT2D eigenvalue weighted by molar-refractivity contribution is 6.03. The van der Waals surface area contributed by atoms with Crippen molar-refractivity contribution in [2.45, 2.75) is 89.1 Å². The number of hydrogen-bond acceptors (Lipinski definition) is 10. The highest BCUT2D eigenvalue weighted by Crippen LogP contribution is 2.62. The molecule has 1 fully saturated rings. The Labute approximate surface area is 382 Å². The molecule has 12 nitrogen and oxygen atoms in total. The first-order chi connectivity index (χ1) is 31.8. The van der Waals surface area contributed by atoms with Gasteiger partial charge in [-0.3, -0.25) is 4.90 Å². The number of carbonyl (C=O) groups is 2. The number of amides is 2. The number of benzene rings is 4. The molecule has 0 unspecified atom stereocenters. The van der Waals surface area contributed by atoms with Crippen molar-refractivity contribution in [3.05, 3.63) is 145 Å². The smallest absolute Gasteiger partial charge is 0.412 e. The van der Waals surface area contributed by atoms with Crippen LogP contribution in [-0.2, 0) is 27.4 Å². The van der Waals surface area contributed by atoms with Gasteiger partial charge in [-0.25, -0.2) is 9.59 Å². The fourth-order valence-corrected chi connectivity index (χ4v) is 10.00. The number of unbranched alkanes of at least 4 members (excludes halogenated alkanes) is 2. The van der Waals surface area contributed by atoms with Crippen LogP contribution in [0.15, 0.2) is 133 Å². The molecule has 65 heavy (non-hydrogen) atoms. The molecule has 1 saturated carbocycles. The molecule has 1 heterocycles. The molecule has 0 saturated heterocycles. The quantitative estimate of drug-likeness (QED) is 0.0399. The molecule has 0 radical (unpaired) electrons. The van der Waals surface area contributed by atoms with Crippen molar-refractivity contribution in [1.29, 1.82) is 0 Å². The van der Waals surface area contributed by atoms with Crippen LogP contribution in [0.4, 0.5) is 9.59 Å². The van der Waals surface area contributed by atoms with E-state index in [0.29, 0.717) is 49.6 Å². The molecule has 4 aromatic rings. The summed E-state index contributed by atoms with van der Waals surface area (Å²) in [6, 6.07) is 28.4. The lowest BCUT2D eigenvalue weighted by atomic mass is 9.55. The van der Waals surface area contributed by atoms with Crippen molar-refractivity contribution in [3.8, 4) is 11.5 Å². The van der Waals surface area contributed by atoms with E-state index in [1.165, 1.54) is 0 Å². The molecule has 3 N–H and O–H groups in total. The molecule has 4 aromatic carbocycles. The Bertz CT molecular complexity index is 2310. The summed E-state index contributed by atoms with van der Waals surface area (Å²) in [5.74, 6) is -1.50. The topological polar surface area (TPSA) is 148 Å². The maximum absolute atomic E-state index is 14.8. The Hall–Kier alpha value is -5.95. The average molecular weight is 886 g/mol. The van der Waals surface area contributed by atoms with Gasteiger partial charge >= 0.3 is 12.2 Å². The number of oxime groups is 1. The number of aliphatic hydroxyl groups is 2. The molecule has 1 aliphatic heterocycles. The van der Waals surface area contributed by atoms with E-state index in [1.54, 1.807) is 23.1 Å². The normalized spacial score (nSPS) is 22.4. The van der Waals surface area contributed by atoms with Crippen molar-refractivity contribution in [3.63, 3.8) is 0 Å². The summed E-state index contributed by atoms with van der Waals surface area (Å²) in [4.78, 5) is 35.8. The van der Waals surface area contributed by atoms with Crippen LogP contribution in [0.25, 0.3) is 10.8 Å². The summed E-state index contributed by atoms with van der Waals surface area (Å²) in [7, 11) is 0. The molecule has 0 aromatic heterocycles. The van der Waals surface area contributed by atoms with E-state index >= 15 is 0 Å². The molecular formula is C53H63N3O9. The van der Waals surface area contributed by atoms with Crippen LogP contribution in [0, 0.1) is 17.8 Å².